The van der Waals surface area contributed by atoms with Crippen LogP contribution in [0, 0.1) is 0 Å². The lowest BCUT2D eigenvalue weighted by Crippen LogP contribution is -2.26. The average Bonchev–Trinajstić information content (AvgIpc) is 3.96. The van der Waals surface area contributed by atoms with Gasteiger partial charge in [0.2, 0.25) is 0 Å². The van der Waals surface area contributed by atoms with E-state index in [0.717, 1.165) is 17.1 Å². The summed E-state index contributed by atoms with van der Waals surface area (Å²) in [6.07, 6.45) is 0. The van der Waals surface area contributed by atoms with Crippen molar-refractivity contribution < 1.29 is 0 Å². The Bertz CT molecular complexity index is 3500. The van der Waals surface area contributed by atoms with Gasteiger partial charge in [0.1, 0.15) is 0 Å². The molecule has 1 aromatic heterocycles. The van der Waals surface area contributed by atoms with E-state index in [0.29, 0.717) is 0 Å². The molecule has 2 heteroatoms. The quantitative estimate of drug-likeness (QED) is 0.168. The second kappa shape index (κ2) is 13.2. The van der Waals surface area contributed by atoms with Gasteiger partial charge in [-0.3, -0.25) is 0 Å². The van der Waals surface area contributed by atoms with E-state index < -0.39 is 5.41 Å². The average molecular weight is 792 g/mol. The van der Waals surface area contributed by atoms with Crippen LogP contribution in [0.1, 0.15) is 22.3 Å². The Hall–Kier alpha value is -7.52. The second-order valence-corrected chi connectivity index (χ2v) is 17.4. The van der Waals surface area contributed by atoms with Crippen LogP contribution < -0.4 is 4.90 Å². The first-order valence-electron chi connectivity index (χ1n) is 21.1. The van der Waals surface area contributed by atoms with E-state index >= 15 is 0 Å². The molecular formula is C59H37NS. The van der Waals surface area contributed by atoms with Crippen molar-refractivity contribution in [2.24, 2.45) is 0 Å². The number of hydrogen-bond acceptors (Lipinski definition) is 2. The maximum absolute atomic E-state index is 2.50. The Labute approximate surface area is 359 Å². The van der Waals surface area contributed by atoms with Crippen LogP contribution in [0.2, 0.25) is 0 Å². The van der Waals surface area contributed by atoms with E-state index in [2.05, 4.69) is 229 Å². The summed E-state index contributed by atoms with van der Waals surface area (Å²) in [7, 11) is 0. The molecule has 11 aromatic rings. The molecule has 1 spiro atoms. The van der Waals surface area contributed by atoms with Crippen molar-refractivity contribution in [3.8, 4) is 44.5 Å². The molecule has 10 aromatic carbocycles. The molecule has 0 saturated carbocycles. The third-order valence-electron chi connectivity index (χ3n) is 13.3. The number of nitrogens with zero attached hydrogens (tertiary/aromatic N) is 1. The van der Waals surface area contributed by atoms with Crippen molar-refractivity contribution in [1.29, 1.82) is 0 Å². The van der Waals surface area contributed by atoms with Gasteiger partial charge in [-0.1, -0.05) is 182 Å². The highest BCUT2D eigenvalue weighted by Crippen LogP contribution is 2.63. The fourth-order valence-electron chi connectivity index (χ4n) is 10.7. The van der Waals surface area contributed by atoms with Gasteiger partial charge in [-0.25, -0.2) is 0 Å². The Balaban J connectivity index is 1.06. The van der Waals surface area contributed by atoms with E-state index in [1.807, 2.05) is 11.3 Å². The maximum atomic E-state index is 2.50. The first kappa shape index (κ1) is 34.4. The van der Waals surface area contributed by atoms with Gasteiger partial charge in [-0.05, 0) is 120 Å². The fraction of sp³-hybridized carbons (Fsp3) is 0.0169. The third kappa shape index (κ3) is 4.94. The van der Waals surface area contributed by atoms with Crippen LogP contribution in [-0.2, 0) is 5.41 Å². The minimum absolute atomic E-state index is 0.440. The minimum atomic E-state index is -0.440. The van der Waals surface area contributed by atoms with E-state index in [1.54, 1.807) is 0 Å². The van der Waals surface area contributed by atoms with E-state index in [4.69, 9.17) is 0 Å². The number of anilines is 3. The Morgan fingerprint density at radius 1 is 0.311 bits per heavy atom. The van der Waals surface area contributed by atoms with E-state index in [1.165, 1.54) is 97.7 Å². The first-order chi connectivity index (χ1) is 30.3. The number of hydrogen-bond donors (Lipinski definition) is 0. The zero-order chi connectivity index (χ0) is 40.1. The summed E-state index contributed by atoms with van der Waals surface area (Å²) < 4.78 is 2.64. The van der Waals surface area contributed by atoms with Crippen molar-refractivity contribution in [2.45, 2.75) is 5.41 Å². The van der Waals surface area contributed by atoms with Crippen LogP contribution in [0.15, 0.2) is 224 Å². The molecule has 0 aliphatic heterocycles. The van der Waals surface area contributed by atoms with Gasteiger partial charge in [0.05, 0.1) is 5.41 Å². The highest BCUT2D eigenvalue weighted by molar-refractivity contribution is 7.26. The summed E-state index contributed by atoms with van der Waals surface area (Å²) in [6, 6.07) is 83.6. The lowest BCUT2D eigenvalue weighted by Gasteiger charge is -2.32. The molecule has 1 nitrogen and oxygen atoms in total. The molecule has 13 rings (SSSR count). The Morgan fingerprint density at radius 2 is 0.787 bits per heavy atom. The van der Waals surface area contributed by atoms with Gasteiger partial charge >= 0.3 is 0 Å². The fourth-order valence-corrected chi connectivity index (χ4v) is 12.0. The molecule has 0 radical (unpaired) electrons. The summed E-state index contributed by atoms with van der Waals surface area (Å²) in [5.41, 5.74) is 18.4. The summed E-state index contributed by atoms with van der Waals surface area (Å²) in [5, 5.41) is 5.12. The molecule has 0 unspecified atom stereocenters. The zero-order valence-electron chi connectivity index (χ0n) is 33.2. The number of fused-ring (bicyclic) bond motifs is 14. The Kier molecular flexibility index (Phi) is 7.46. The molecule has 2 aliphatic rings. The van der Waals surface area contributed by atoms with Crippen LogP contribution in [0.4, 0.5) is 17.1 Å². The molecule has 0 atom stereocenters. The monoisotopic (exact) mass is 791 g/mol. The highest BCUT2D eigenvalue weighted by Gasteiger charge is 2.51. The molecule has 0 bridgehead atoms. The van der Waals surface area contributed by atoms with Crippen LogP contribution in [0.3, 0.4) is 0 Å². The first-order valence-corrected chi connectivity index (χ1v) is 21.9. The van der Waals surface area contributed by atoms with Crippen LogP contribution in [-0.4, -0.2) is 0 Å². The van der Waals surface area contributed by atoms with Gasteiger partial charge in [-0.2, -0.15) is 0 Å². The van der Waals surface area contributed by atoms with Crippen molar-refractivity contribution in [1.82, 2.24) is 0 Å². The van der Waals surface area contributed by atoms with Crippen molar-refractivity contribution in [2.75, 3.05) is 4.90 Å². The molecule has 0 N–H and O–H groups in total. The number of benzene rings is 10. The van der Waals surface area contributed by atoms with Crippen LogP contribution >= 0.6 is 11.3 Å². The van der Waals surface area contributed by atoms with E-state index in [9.17, 15) is 0 Å². The Morgan fingerprint density at radius 3 is 1.49 bits per heavy atom. The van der Waals surface area contributed by atoms with Gasteiger partial charge in [0.15, 0.2) is 0 Å². The molecular weight excluding hydrogens is 755 g/mol. The SMILES string of the molecule is c1cc(-c2cccc3ccccc23)cc(N(c2cccc(-c3cccc4c3sc3ccccc34)c2)c2ccc3c(c2)C2(c4ccccc4-c4ccccc42)c2ccccc2-3)c1. The maximum Gasteiger partial charge on any atom is 0.0726 e. The summed E-state index contributed by atoms with van der Waals surface area (Å²) >= 11 is 1.88. The largest absolute Gasteiger partial charge is 0.310 e. The van der Waals surface area contributed by atoms with Crippen molar-refractivity contribution in [3.05, 3.63) is 247 Å². The van der Waals surface area contributed by atoms with Crippen molar-refractivity contribution in [3.63, 3.8) is 0 Å². The predicted octanol–water partition coefficient (Wildman–Crippen LogP) is 16.4. The molecule has 0 saturated heterocycles. The standard InChI is InChI=1S/C59H37NS/c1-2-21-44-38(15-1)16-13-26-45(44)39-17-11-19-41(35-39)60(42-20-12-18-40(36-42)46-27-14-28-52-51-25-6-10-32-57(51)61-58(46)52)43-33-34-50-49-24-5-9-31-55(49)59(56(50)37-43)53-29-7-3-22-47(53)48-23-4-8-30-54(48)59/h1-37H. The highest BCUT2D eigenvalue weighted by atomic mass is 32.1. The molecule has 0 fully saturated rings. The third-order valence-corrected chi connectivity index (χ3v) is 14.5. The minimum Gasteiger partial charge on any atom is -0.310 e. The van der Waals surface area contributed by atoms with Gasteiger partial charge in [0, 0.05) is 37.2 Å². The van der Waals surface area contributed by atoms with Gasteiger partial charge in [-0.15, -0.1) is 11.3 Å². The van der Waals surface area contributed by atoms with Gasteiger partial charge in [0.25, 0.3) is 0 Å². The van der Waals surface area contributed by atoms with Crippen molar-refractivity contribution >= 4 is 59.3 Å². The number of rotatable bonds is 5. The van der Waals surface area contributed by atoms with E-state index in [-0.39, 0.29) is 0 Å². The summed E-state index contributed by atoms with van der Waals surface area (Å²) in [6.45, 7) is 0. The molecule has 0 amide bonds. The second-order valence-electron chi connectivity index (χ2n) is 16.4. The molecule has 284 valence electrons. The summed E-state index contributed by atoms with van der Waals surface area (Å²) in [4.78, 5) is 2.48. The lowest BCUT2D eigenvalue weighted by atomic mass is 9.70. The lowest BCUT2D eigenvalue weighted by molar-refractivity contribution is 0.793. The van der Waals surface area contributed by atoms with Gasteiger partial charge < -0.3 is 4.90 Å². The number of thiophene rings is 1. The normalized spacial score (nSPS) is 13.0. The van der Waals surface area contributed by atoms with Crippen LogP contribution in [0.5, 0.6) is 0 Å². The topological polar surface area (TPSA) is 3.24 Å². The molecule has 1 heterocycles. The summed E-state index contributed by atoms with van der Waals surface area (Å²) in [5.74, 6) is 0. The smallest absolute Gasteiger partial charge is 0.0726 e. The zero-order valence-corrected chi connectivity index (χ0v) is 34.0. The predicted molar refractivity (Wildman–Crippen MR) is 259 cm³/mol. The molecule has 2 aliphatic carbocycles. The molecule has 61 heavy (non-hydrogen) atoms. The van der Waals surface area contributed by atoms with Crippen LogP contribution in [0.25, 0.3) is 75.5 Å².